The maximum atomic E-state index is 12.3. The van der Waals surface area contributed by atoms with E-state index in [2.05, 4.69) is 10.0 Å². The molecule has 0 spiro atoms. The van der Waals surface area contributed by atoms with Crippen LogP contribution in [0.4, 0.5) is 5.69 Å². The van der Waals surface area contributed by atoms with Crippen molar-refractivity contribution >= 4 is 31.5 Å². The van der Waals surface area contributed by atoms with Crippen molar-refractivity contribution in [3.8, 4) is 0 Å². The van der Waals surface area contributed by atoms with E-state index in [1.54, 1.807) is 32.9 Å². The Hall–Kier alpha value is -2.23. The normalized spacial score (nSPS) is 12.6. The van der Waals surface area contributed by atoms with Crippen LogP contribution in [0, 0.1) is 6.92 Å². The summed E-state index contributed by atoms with van der Waals surface area (Å²) in [6.07, 6.45) is 0. The Bertz CT molecular complexity index is 1050. The van der Waals surface area contributed by atoms with Gasteiger partial charge in [0.2, 0.25) is 15.9 Å². The van der Waals surface area contributed by atoms with Gasteiger partial charge in [0.1, 0.15) is 5.75 Å². The minimum absolute atomic E-state index is 0.0488. The molecule has 0 radical (unpaired) electrons. The van der Waals surface area contributed by atoms with E-state index in [0.29, 0.717) is 5.69 Å². The average Bonchev–Trinajstić information content (AvgIpc) is 2.53. The molecule has 0 saturated carbocycles. The highest BCUT2D eigenvalue weighted by molar-refractivity contribution is 7.92. The summed E-state index contributed by atoms with van der Waals surface area (Å²) in [5.41, 5.74) is 0.592. The maximum absolute atomic E-state index is 12.3. The van der Waals surface area contributed by atoms with Gasteiger partial charge in [-0.05, 0) is 64.1 Å². The van der Waals surface area contributed by atoms with Crippen LogP contribution in [0.15, 0.2) is 58.3 Å². The van der Waals surface area contributed by atoms with Crippen LogP contribution in [0.1, 0.15) is 26.3 Å². The van der Waals surface area contributed by atoms with Gasteiger partial charge in [0, 0.05) is 11.2 Å². The fourth-order valence-electron chi connectivity index (χ4n) is 2.38. The largest absolute Gasteiger partial charge is 0.325 e. The Kier molecular flexibility index (Phi) is 6.32. The quantitative estimate of drug-likeness (QED) is 0.740. The number of sulfonamides is 1. The molecule has 152 valence electrons. The van der Waals surface area contributed by atoms with E-state index < -0.39 is 37.1 Å². The van der Waals surface area contributed by atoms with Gasteiger partial charge in [-0.15, -0.1) is 0 Å². The Morgan fingerprint density at radius 1 is 0.857 bits per heavy atom. The maximum Gasteiger partial charge on any atom is 0.241 e. The minimum atomic E-state index is -3.77. The molecule has 0 heterocycles. The number of nitrogens with one attached hydrogen (secondary N) is 2. The van der Waals surface area contributed by atoms with Crippen LogP contribution in [0.5, 0.6) is 0 Å². The second-order valence-electron chi connectivity index (χ2n) is 7.50. The first kappa shape index (κ1) is 22.1. The molecule has 0 saturated heterocycles. The predicted molar refractivity (Wildman–Crippen MR) is 108 cm³/mol. The zero-order valence-corrected chi connectivity index (χ0v) is 17.8. The molecule has 2 aromatic carbocycles. The van der Waals surface area contributed by atoms with Gasteiger partial charge < -0.3 is 5.32 Å². The Balaban J connectivity index is 2.08. The highest BCUT2D eigenvalue weighted by atomic mass is 32.2. The molecule has 2 aromatic rings. The van der Waals surface area contributed by atoms with Gasteiger partial charge in [-0.3, -0.25) is 4.79 Å². The van der Waals surface area contributed by atoms with Crippen LogP contribution in [0.2, 0.25) is 0 Å². The highest BCUT2D eigenvalue weighted by Crippen LogP contribution is 2.17. The van der Waals surface area contributed by atoms with Gasteiger partial charge in [-0.25, -0.2) is 21.6 Å². The molecule has 0 aliphatic carbocycles. The summed E-state index contributed by atoms with van der Waals surface area (Å²) in [6.45, 7) is 7.03. The van der Waals surface area contributed by atoms with Gasteiger partial charge in [-0.1, -0.05) is 17.7 Å². The first-order valence-corrected chi connectivity index (χ1v) is 11.7. The van der Waals surface area contributed by atoms with Crippen molar-refractivity contribution in [2.75, 3.05) is 11.1 Å². The van der Waals surface area contributed by atoms with E-state index in [-0.39, 0.29) is 9.79 Å². The van der Waals surface area contributed by atoms with Crippen LogP contribution in [0.3, 0.4) is 0 Å². The number of sulfone groups is 1. The number of aryl methyl sites for hydroxylation is 1. The van der Waals surface area contributed by atoms with Crippen molar-refractivity contribution in [2.24, 2.45) is 0 Å². The van der Waals surface area contributed by atoms with Crippen molar-refractivity contribution in [3.63, 3.8) is 0 Å². The Morgan fingerprint density at radius 2 is 1.36 bits per heavy atom. The molecule has 0 aliphatic heterocycles. The lowest BCUT2D eigenvalue weighted by molar-refractivity contribution is -0.113. The van der Waals surface area contributed by atoms with Gasteiger partial charge in [-0.2, -0.15) is 0 Å². The summed E-state index contributed by atoms with van der Waals surface area (Å²) < 4.78 is 51.7. The molecule has 0 bridgehead atoms. The van der Waals surface area contributed by atoms with E-state index in [9.17, 15) is 21.6 Å². The first-order chi connectivity index (χ1) is 12.8. The zero-order chi connectivity index (χ0) is 21.2. The van der Waals surface area contributed by atoms with Crippen molar-refractivity contribution < 1.29 is 21.6 Å². The molecular formula is C19H24N2O5S2. The fraction of sp³-hybridized carbons (Fsp3) is 0.316. The molecule has 0 aliphatic rings. The van der Waals surface area contributed by atoms with E-state index in [1.807, 2.05) is 6.92 Å². The van der Waals surface area contributed by atoms with Crippen molar-refractivity contribution in [1.29, 1.82) is 0 Å². The molecule has 0 atom stereocenters. The van der Waals surface area contributed by atoms with Gasteiger partial charge >= 0.3 is 0 Å². The van der Waals surface area contributed by atoms with Crippen molar-refractivity contribution in [3.05, 3.63) is 54.1 Å². The second-order valence-corrected chi connectivity index (χ2v) is 11.2. The molecule has 28 heavy (non-hydrogen) atoms. The van der Waals surface area contributed by atoms with Crippen LogP contribution in [-0.4, -0.2) is 34.0 Å². The lowest BCUT2D eigenvalue weighted by atomic mass is 10.1. The SMILES string of the molecule is Cc1ccc(S(=O)(=O)CC(=O)Nc2ccc(S(=O)(=O)NC(C)(C)C)cc2)cc1. The second kappa shape index (κ2) is 8.02. The van der Waals surface area contributed by atoms with E-state index in [1.165, 1.54) is 36.4 Å². The molecule has 2 rings (SSSR count). The predicted octanol–water partition coefficient (Wildman–Crippen LogP) is 2.48. The summed E-state index contributed by atoms with van der Waals surface area (Å²) in [5, 5.41) is 2.47. The number of benzene rings is 2. The molecule has 7 nitrogen and oxygen atoms in total. The third-order valence-corrected chi connectivity index (χ3v) is 7.00. The third kappa shape index (κ3) is 6.15. The molecule has 1 amide bonds. The fourth-order valence-corrected chi connectivity index (χ4v) is 4.93. The van der Waals surface area contributed by atoms with E-state index >= 15 is 0 Å². The topological polar surface area (TPSA) is 109 Å². The minimum Gasteiger partial charge on any atom is -0.325 e. The van der Waals surface area contributed by atoms with Crippen LogP contribution in [-0.2, 0) is 24.7 Å². The van der Waals surface area contributed by atoms with E-state index in [0.717, 1.165) is 5.56 Å². The summed E-state index contributed by atoms with van der Waals surface area (Å²) in [4.78, 5) is 12.2. The standard InChI is InChI=1S/C19H24N2O5S2/c1-14-5-9-16(10-6-14)27(23,24)13-18(22)20-15-7-11-17(12-8-15)28(25,26)21-19(2,3)4/h5-12,21H,13H2,1-4H3,(H,20,22). The van der Waals surface area contributed by atoms with Gasteiger partial charge in [0.15, 0.2) is 9.84 Å². The van der Waals surface area contributed by atoms with Crippen LogP contribution < -0.4 is 10.0 Å². The summed E-state index contributed by atoms with van der Waals surface area (Å²) in [6, 6.07) is 11.8. The Morgan fingerprint density at radius 3 is 1.86 bits per heavy atom. The van der Waals surface area contributed by atoms with E-state index in [4.69, 9.17) is 0 Å². The molecule has 0 unspecified atom stereocenters. The number of amides is 1. The molecule has 2 N–H and O–H groups in total. The first-order valence-electron chi connectivity index (χ1n) is 8.52. The van der Waals surface area contributed by atoms with Gasteiger partial charge in [0.25, 0.3) is 0 Å². The molecule has 0 aromatic heterocycles. The number of hydrogen-bond donors (Lipinski definition) is 2. The molecule has 9 heteroatoms. The van der Waals surface area contributed by atoms with Crippen molar-refractivity contribution in [1.82, 2.24) is 4.72 Å². The number of rotatable bonds is 6. The summed E-state index contributed by atoms with van der Waals surface area (Å²) in [7, 11) is -7.46. The number of hydrogen-bond acceptors (Lipinski definition) is 5. The number of carbonyl (C=O) groups excluding carboxylic acids is 1. The lowest BCUT2D eigenvalue weighted by Gasteiger charge is -2.20. The average molecular weight is 425 g/mol. The monoisotopic (exact) mass is 424 g/mol. The van der Waals surface area contributed by atoms with Crippen LogP contribution >= 0.6 is 0 Å². The number of anilines is 1. The highest BCUT2D eigenvalue weighted by Gasteiger charge is 2.22. The zero-order valence-electron chi connectivity index (χ0n) is 16.2. The third-order valence-electron chi connectivity index (χ3n) is 3.59. The summed E-state index contributed by atoms with van der Waals surface area (Å²) >= 11 is 0. The molecular weight excluding hydrogens is 400 g/mol. The van der Waals surface area contributed by atoms with Crippen LogP contribution in [0.25, 0.3) is 0 Å². The van der Waals surface area contributed by atoms with Gasteiger partial charge in [0.05, 0.1) is 9.79 Å². The number of carbonyl (C=O) groups is 1. The Labute approximate surface area is 166 Å². The van der Waals surface area contributed by atoms with Crippen molar-refractivity contribution in [2.45, 2.75) is 43.0 Å². The summed E-state index contributed by atoms with van der Waals surface area (Å²) in [5.74, 6) is -1.41. The smallest absolute Gasteiger partial charge is 0.241 e. The lowest BCUT2D eigenvalue weighted by Crippen LogP contribution is -2.40. The molecule has 0 fully saturated rings.